The average Bonchev–Trinajstić information content (AvgIpc) is 2.46. The van der Waals surface area contributed by atoms with Gasteiger partial charge in [-0.2, -0.15) is 0 Å². The van der Waals surface area contributed by atoms with E-state index in [0.717, 1.165) is 24.8 Å². The van der Waals surface area contributed by atoms with Gasteiger partial charge in [-0.3, -0.25) is 0 Å². The third-order valence-corrected chi connectivity index (χ3v) is 5.03. The molecule has 1 unspecified atom stereocenters. The van der Waals surface area contributed by atoms with Crippen LogP contribution in [0.1, 0.15) is 63.2 Å². The van der Waals surface area contributed by atoms with Gasteiger partial charge in [0.15, 0.2) is 0 Å². The van der Waals surface area contributed by atoms with E-state index in [0.29, 0.717) is 5.92 Å². The molecule has 21 heavy (non-hydrogen) atoms. The number of hydrogen-bond acceptors (Lipinski definition) is 2. The van der Waals surface area contributed by atoms with Crippen molar-refractivity contribution in [3.63, 3.8) is 0 Å². The van der Waals surface area contributed by atoms with E-state index in [1.54, 1.807) is 0 Å². The lowest BCUT2D eigenvalue weighted by Gasteiger charge is -2.46. The van der Waals surface area contributed by atoms with Crippen molar-refractivity contribution in [3.05, 3.63) is 35.4 Å². The number of nitrogens with zero attached hydrogens (tertiary/aromatic N) is 1. The van der Waals surface area contributed by atoms with Gasteiger partial charge >= 0.3 is 0 Å². The minimum Gasteiger partial charge on any atom is -0.386 e. The molecule has 1 saturated carbocycles. The van der Waals surface area contributed by atoms with Crippen LogP contribution in [0.4, 0.5) is 0 Å². The Hall–Kier alpha value is -0.860. The fraction of sp³-hybridized carbons (Fsp3) is 0.684. The summed E-state index contributed by atoms with van der Waals surface area (Å²) in [6.07, 6.45) is 6.62. The third-order valence-electron chi connectivity index (χ3n) is 5.03. The summed E-state index contributed by atoms with van der Waals surface area (Å²) in [4.78, 5) is 2.26. The van der Waals surface area contributed by atoms with Crippen molar-refractivity contribution in [2.45, 2.75) is 64.0 Å². The highest BCUT2D eigenvalue weighted by Crippen LogP contribution is 2.42. The topological polar surface area (TPSA) is 23.5 Å². The van der Waals surface area contributed by atoms with Crippen molar-refractivity contribution < 1.29 is 5.11 Å². The Morgan fingerprint density at radius 3 is 2.38 bits per heavy atom. The van der Waals surface area contributed by atoms with Crippen LogP contribution < -0.4 is 0 Å². The summed E-state index contributed by atoms with van der Waals surface area (Å²) in [5, 5.41) is 11.1. The molecule has 0 amide bonds. The van der Waals surface area contributed by atoms with Crippen molar-refractivity contribution in [2.75, 3.05) is 14.1 Å². The highest BCUT2D eigenvalue weighted by Gasteiger charge is 2.41. The van der Waals surface area contributed by atoms with Gasteiger partial charge in [-0.1, -0.05) is 57.4 Å². The predicted octanol–water partition coefficient (Wildman–Crippen LogP) is 4.18. The maximum atomic E-state index is 11.1. The van der Waals surface area contributed by atoms with Crippen molar-refractivity contribution in [1.29, 1.82) is 0 Å². The largest absolute Gasteiger partial charge is 0.386 e. The normalized spacial score (nSPS) is 20.0. The highest BCUT2D eigenvalue weighted by molar-refractivity contribution is 5.28. The first-order valence-electron chi connectivity index (χ1n) is 8.40. The van der Waals surface area contributed by atoms with Crippen LogP contribution >= 0.6 is 0 Å². The van der Waals surface area contributed by atoms with E-state index in [-0.39, 0.29) is 11.6 Å². The highest BCUT2D eigenvalue weighted by atomic mass is 16.3. The Morgan fingerprint density at radius 1 is 1.14 bits per heavy atom. The molecule has 1 atom stereocenters. The molecule has 0 bridgehead atoms. The third kappa shape index (κ3) is 3.67. The van der Waals surface area contributed by atoms with Gasteiger partial charge in [-0.05, 0) is 50.4 Å². The van der Waals surface area contributed by atoms with E-state index in [4.69, 9.17) is 0 Å². The van der Waals surface area contributed by atoms with Gasteiger partial charge in [0.1, 0.15) is 0 Å². The number of likely N-dealkylation sites (N-methyl/N-ethyl adjacent to an activating group) is 1. The molecule has 1 aromatic rings. The van der Waals surface area contributed by atoms with Crippen LogP contribution in [-0.2, 0) is 6.42 Å². The summed E-state index contributed by atoms with van der Waals surface area (Å²) in [6, 6.07) is 8.58. The van der Waals surface area contributed by atoms with Gasteiger partial charge in [0.05, 0.1) is 11.6 Å². The second-order valence-corrected chi connectivity index (χ2v) is 7.30. The average molecular weight is 289 g/mol. The molecule has 0 radical (unpaired) electrons. The van der Waals surface area contributed by atoms with Gasteiger partial charge in [-0.15, -0.1) is 0 Å². The first-order chi connectivity index (χ1) is 9.95. The molecule has 1 aromatic carbocycles. The molecule has 2 heteroatoms. The minimum atomic E-state index is -0.389. The molecule has 1 aliphatic rings. The minimum absolute atomic E-state index is 0.0886. The summed E-state index contributed by atoms with van der Waals surface area (Å²) < 4.78 is 0. The molecule has 0 aromatic heterocycles. The van der Waals surface area contributed by atoms with E-state index in [1.807, 2.05) is 0 Å². The molecule has 0 aliphatic heterocycles. The number of benzene rings is 1. The molecule has 2 nitrogen and oxygen atoms in total. The van der Waals surface area contributed by atoms with E-state index in [9.17, 15) is 5.11 Å². The Labute approximate surface area is 130 Å². The molecular weight excluding hydrogens is 258 g/mol. The zero-order chi connectivity index (χ0) is 15.5. The Kier molecular flexibility index (Phi) is 5.45. The van der Waals surface area contributed by atoms with Gasteiger partial charge in [0.25, 0.3) is 0 Å². The van der Waals surface area contributed by atoms with Gasteiger partial charge in [-0.25, -0.2) is 0 Å². The maximum absolute atomic E-state index is 11.1. The Balaban J connectivity index is 2.26. The van der Waals surface area contributed by atoms with Crippen molar-refractivity contribution in [1.82, 2.24) is 4.90 Å². The lowest BCUT2D eigenvalue weighted by Crippen LogP contribution is -2.50. The fourth-order valence-electron chi connectivity index (χ4n) is 3.80. The number of aliphatic hydroxyl groups is 1. The molecule has 0 saturated heterocycles. The molecule has 118 valence electrons. The monoisotopic (exact) mass is 289 g/mol. The quantitative estimate of drug-likeness (QED) is 0.879. The van der Waals surface area contributed by atoms with Crippen LogP contribution in [0, 0.1) is 5.92 Å². The molecule has 0 spiro atoms. The molecule has 1 N–H and O–H groups in total. The maximum Gasteiger partial charge on any atom is 0.0973 e. The smallest absolute Gasteiger partial charge is 0.0973 e. The molecule has 1 fully saturated rings. The second-order valence-electron chi connectivity index (χ2n) is 7.30. The van der Waals surface area contributed by atoms with Crippen LogP contribution in [0.3, 0.4) is 0 Å². The standard InChI is InChI=1S/C19H31NO/c1-15(2)13-16-9-8-10-17(14-16)18(21)19(20(3)4)11-6-5-7-12-19/h8-10,14-15,18,21H,5-7,11-13H2,1-4H3. The summed E-state index contributed by atoms with van der Waals surface area (Å²) in [5.74, 6) is 0.648. The lowest BCUT2D eigenvalue weighted by molar-refractivity contribution is -0.0336. The lowest BCUT2D eigenvalue weighted by atomic mass is 9.74. The van der Waals surface area contributed by atoms with Gasteiger partial charge < -0.3 is 10.0 Å². The summed E-state index contributed by atoms with van der Waals surface area (Å²) in [6.45, 7) is 4.48. The zero-order valence-corrected chi connectivity index (χ0v) is 14.1. The van der Waals surface area contributed by atoms with Crippen LogP contribution in [0.2, 0.25) is 0 Å². The van der Waals surface area contributed by atoms with E-state index in [2.05, 4.69) is 57.1 Å². The predicted molar refractivity (Wildman–Crippen MR) is 89.4 cm³/mol. The van der Waals surface area contributed by atoms with E-state index in [1.165, 1.54) is 24.8 Å². The number of hydrogen-bond donors (Lipinski definition) is 1. The first kappa shape index (κ1) is 16.5. The van der Waals surface area contributed by atoms with Gasteiger partial charge in [0.2, 0.25) is 0 Å². The van der Waals surface area contributed by atoms with Crippen LogP contribution in [0.25, 0.3) is 0 Å². The van der Waals surface area contributed by atoms with Crippen molar-refractivity contribution >= 4 is 0 Å². The summed E-state index contributed by atoms with van der Waals surface area (Å²) in [5.41, 5.74) is 2.34. The van der Waals surface area contributed by atoms with E-state index >= 15 is 0 Å². The number of rotatable bonds is 5. The Morgan fingerprint density at radius 2 is 1.81 bits per heavy atom. The van der Waals surface area contributed by atoms with Crippen molar-refractivity contribution in [2.24, 2.45) is 5.92 Å². The summed E-state index contributed by atoms with van der Waals surface area (Å²) in [7, 11) is 4.24. The molecule has 1 aliphatic carbocycles. The SMILES string of the molecule is CC(C)Cc1cccc(C(O)C2(N(C)C)CCCCC2)c1. The van der Waals surface area contributed by atoms with Crippen LogP contribution in [0.5, 0.6) is 0 Å². The molecule has 0 heterocycles. The molecular formula is C19H31NO. The molecule has 2 rings (SSSR count). The van der Waals surface area contributed by atoms with Crippen LogP contribution in [-0.4, -0.2) is 29.6 Å². The second kappa shape index (κ2) is 6.93. The summed E-state index contributed by atoms with van der Waals surface area (Å²) >= 11 is 0. The van der Waals surface area contributed by atoms with Crippen molar-refractivity contribution in [3.8, 4) is 0 Å². The fourth-order valence-corrected chi connectivity index (χ4v) is 3.80. The van der Waals surface area contributed by atoms with Gasteiger partial charge in [0, 0.05) is 0 Å². The zero-order valence-electron chi connectivity index (χ0n) is 14.1. The Bertz CT molecular complexity index is 447. The van der Waals surface area contributed by atoms with E-state index < -0.39 is 0 Å². The van der Waals surface area contributed by atoms with Crippen LogP contribution in [0.15, 0.2) is 24.3 Å². The first-order valence-corrected chi connectivity index (χ1v) is 8.40. The number of aliphatic hydroxyl groups excluding tert-OH is 1.